The van der Waals surface area contributed by atoms with Crippen LogP contribution in [0.4, 0.5) is 16.2 Å². The number of aryl methyl sites for hydroxylation is 2. The fourth-order valence-corrected chi connectivity index (χ4v) is 7.87. The molecule has 3 saturated heterocycles. The fraction of sp³-hybridized carbons (Fsp3) is 0.487. The van der Waals surface area contributed by atoms with Crippen LogP contribution in [-0.2, 0) is 31.7 Å². The van der Waals surface area contributed by atoms with Crippen LogP contribution in [0.1, 0.15) is 63.1 Å². The van der Waals surface area contributed by atoms with Crippen LogP contribution in [0, 0.1) is 6.92 Å². The number of carbonyl (C=O) groups is 2. The summed E-state index contributed by atoms with van der Waals surface area (Å²) in [4.78, 5) is 28.5. The first-order valence-corrected chi connectivity index (χ1v) is 20.3. The predicted octanol–water partition coefficient (Wildman–Crippen LogP) is 8.31. The van der Waals surface area contributed by atoms with Crippen molar-refractivity contribution in [2.24, 2.45) is 0 Å². The lowest BCUT2D eigenvalue weighted by Gasteiger charge is -2.37. The summed E-state index contributed by atoms with van der Waals surface area (Å²) in [6, 6.07) is 22.9. The average Bonchev–Trinajstić information content (AvgIpc) is 3.80. The largest absolute Gasteiger partial charge is 0.446 e. The molecule has 0 saturated carbocycles. The molecule has 0 aliphatic carbocycles. The minimum atomic E-state index is -1.84. The van der Waals surface area contributed by atoms with Gasteiger partial charge in [-0.3, -0.25) is 15.0 Å². The summed E-state index contributed by atoms with van der Waals surface area (Å²) in [6.45, 7) is 13.9. The number of hydrogen-bond donors (Lipinski definition) is 2. The number of rotatable bonds is 11. The number of ether oxygens (including phenoxy) is 2. The van der Waals surface area contributed by atoms with Crippen LogP contribution in [0.5, 0.6) is 0 Å². The van der Waals surface area contributed by atoms with Gasteiger partial charge < -0.3 is 19.2 Å². The third kappa shape index (κ3) is 7.70. The van der Waals surface area contributed by atoms with E-state index in [0.717, 1.165) is 46.3 Å². The van der Waals surface area contributed by atoms with Gasteiger partial charge in [-0.25, -0.2) is 4.79 Å². The highest BCUT2D eigenvalue weighted by Crippen LogP contribution is 2.48. The number of piperidine rings is 1. The Kier molecular flexibility index (Phi) is 9.87. The molecule has 3 aliphatic heterocycles. The smallest absolute Gasteiger partial charge is 0.411 e. The zero-order chi connectivity index (χ0) is 34.2. The van der Waals surface area contributed by atoms with Crippen molar-refractivity contribution >= 4 is 31.7 Å². The fourth-order valence-electron chi connectivity index (χ4n) is 6.91. The van der Waals surface area contributed by atoms with Crippen LogP contribution < -0.4 is 10.6 Å². The Morgan fingerprint density at radius 2 is 1.60 bits per heavy atom. The number of nitrogens with zero attached hydrogens (tertiary/aromatic N) is 1. The van der Waals surface area contributed by atoms with Crippen molar-refractivity contribution in [1.29, 1.82) is 0 Å². The van der Waals surface area contributed by atoms with Gasteiger partial charge in [0.2, 0.25) is 5.91 Å². The van der Waals surface area contributed by atoms with Gasteiger partial charge in [0.15, 0.2) is 8.32 Å². The number of amides is 2. The zero-order valence-electron chi connectivity index (χ0n) is 29.5. The van der Waals surface area contributed by atoms with Gasteiger partial charge in [-0.15, -0.1) is 0 Å². The van der Waals surface area contributed by atoms with Crippen LogP contribution >= 0.6 is 0 Å². The molecule has 48 heavy (non-hydrogen) atoms. The first kappa shape index (κ1) is 34.4. The van der Waals surface area contributed by atoms with Gasteiger partial charge in [0, 0.05) is 42.6 Å². The van der Waals surface area contributed by atoms with Gasteiger partial charge in [0.25, 0.3) is 0 Å². The predicted molar refractivity (Wildman–Crippen MR) is 194 cm³/mol. The number of fused-ring (bicyclic) bond motifs is 5. The number of epoxide rings is 1. The second-order valence-electron chi connectivity index (χ2n) is 15.3. The van der Waals surface area contributed by atoms with Gasteiger partial charge in [-0.1, -0.05) is 75.4 Å². The van der Waals surface area contributed by atoms with E-state index in [2.05, 4.69) is 68.6 Å². The van der Waals surface area contributed by atoms with E-state index in [1.165, 1.54) is 0 Å². The Morgan fingerprint density at radius 1 is 0.917 bits per heavy atom. The molecule has 5 atom stereocenters. The molecule has 1 unspecified atom stereocenters. The molecule has 2 amide bonds. The number of hydrogen-bond acceptors (Lipinski definition) is 6. The van der Waals surface area contributed by atoms with Gasteiger partial charge >= 0.3 is 6.09 Å². The van der Waals surface area contributed by atoms with Crippen molar-refractivity contribution in [2.75, 3.05) is 17.7 Å². The number of morpholine rings is 1. The topological polar surface area (TPSA) is 92.4 Å². The van der Waals surface area contributed by atoms with Crippen LogP contribution in [0.2, 0.25) is 18.1 Å². The number of benzene rings is 3. The van der Waals surface area contributed by atoms with E-state index in [4.69, 9.17) is 13.9 Å². The van der Waals surface area contributed by atoms with Crippen molar-refractivity contribution in [3.05, 3.63) is 83.4 Å². The molecule has 8 nitrogen and oxygen atoms in total. The first-order valence-electron chi connectivity index (χ1n) is 17.4. The van der Waals surface area contributed by atoms with Crippen molar-refractivity contribution in [1.82, 2.24) is 4.90 Å². The number of likely N-dealkylation sites (N-methyl/N-ethyl adjacent to an activating group) is 1. The quantitative estimate of drug-likeness (QED) is 0.158. The van der Waals surface area contributed by atoms with E-state index in [9.17, 15) is 9.59 Å². The standard InChI is InChI=1S/C39H51N3O5Si/c1-25-20-27(24-45-48(6,7)39(2,3)4)17-19-31(25)40-35(43)15-11-12-26-16-18-30(28-13-9-8-10-14-28)32(21-26)41-38(44)46-29-22-33-36-37(47-36)34(23-29)42(33)5/h8-10,13-14,16-21,29,33-34,36-37H,11-12,15,22-24H2,1-7H3,(H,40,43)(H,41,44)/t29?,33-,34+,36-,37+. The summed E-state index contributed by atoms with van der Waals surface area (Å²) >= 11 is 0. The molecule has 0 aromatic heterocycles. The van der Waals surface area contributed by atoms with Crippen LogP contribution in [0.3, 0.4) is 0 Å². The third-order valence-electron chi connectivity index (χ3n) is 10.9. The normalized spacial score (nSPS) is 23.4. The molecule has 0 spiro atoms. The van der Waals surface area contributed by atoms with E-state index in [0.29, 0.717) is 55.8 Å². The van der Waals surface area contributed by atoms with Crippen molar-refractivity contribution < 1.29 is 23.5 Å². The molecular weight excluding hydrogens is 619 g/mol. The van der Waals surface area contributed by atoms with E-state index in [1.54, 1.807) is 0 Å². The number of nitrogens with one attached hydrogen (secondary N) is 2. The maximum absolute atomic E-state index is 13.2. The van der Waals surface area contributed by atoms with Crippen molar-refractivity contribution in [3.8, 4) is 11.1 Å². The SMILES string of the molecule is Cc1cc(CO[Si](C)(C)C(C)(C)C)ccc1NC(=O)CCCc1ccc(-c2ccccc2)c(NC(=O)OC2C[C@@H]3[C@H]4O[C@H]4[C@H](C2)N3C)c1. The second-order valence-corrected chi connectivity index (χ2v) is 20.1. The second kappa shape index (κ2) is 13.8. The average molecular weight is 670 g/mol. The molecular formula is C39H51N3O5Si. The summed E-state index contributed by atoms with van der Waals surface area (Å²) < 4.78 is 18.1. The summed E-state index contributed by atoms with van der Waals surface area (Å²) in [5.41, 5.74) is 6.68. The Morgan fingerprint density at radius 3 is 2.27 bits per heavy atom. The molecule has 3 heterocycles. The van der Waals surface area contributed by atoms with Gasteiger partial charge in [-0.05, 0) is 79.3 Å². The van der Waals surface area contributed by atoms with Gasteiger partial charge in [0.1, 0.15) is 18.3 Å². The van der Waals surface area contributed by atoms with E-state index in [-0.39, 0.29) is 17.0 Å². The summed E-state index contributed by atoms with van der Waals surface area (Å²) in [5, 5.41) is 6.30. The summed E-state index contributed by atoms with van der Waals surface area (Å²) in [5.74, 6) is -0.0127. The zero-order valence-corrected chi connectivity index (χ0v) is 30.5. The van der Waals surface area contributed by atoms with Crippen LogP contribution in [0.15, 0.2) is 66.7 Å². The summed E-state index contributed by atoms with van der Waals surface area (Å²) in [6.07, 6.45) is 3.41. The summed E-state index contributed by atoms with van der Waals surface area (Å²) in [7, 11) is 0.310. The van der Waals surface area contributed by atoms with Crippen molar-refractivity contribution in [3.63, 3.8) is 0 Å². The molecule has 6 rings (SSSR count). The van der Waals surface area contributed by atoms with Crippen molar-refractivity contribution in [2.45, 2.75) is 115 Å². The monoisotopic (exact) mass is 669 g/mol. The molecule has 0 radical (unpaired) electrons. The third-order valence-corrected chi connectivity index (χ3v) is 15.4. The van der Waals surface area contributed by atoms with E-state index < -0.39 is 14.4 Å². The van der Waals surface area contributed by atoms with E-state index in [1.807, 2.05) is 61.5 Å². The first-order chi connectivity index (χ1) is 22.8. The molecule has 3 fully saturated rings. The molecule has 9 heteroatoms. The molecule has 3 aromatic carbocycles. The molecule has 256 valence electrons. The maximum Gasteiger partial charge on any atom is 0.411 e. The number of carbonyl (C=O) groups excluding carboxylic acids is 2. The lowest BCUT2D eigenvalue weighted by Crippen LogP contribution is -2.48. The Bertz CT molecular complexity index is 1620. The van der Waals surface area contributed by atoms with Crippen LogP contribution in [0.25, 0.3) is 11.1 Å². The highest BCUT2D eigenvalue weighted by molar-refractivity contribution is 6.74. The van der Waals surface area contributed by atoms with Crippen LogP contribution in [-0.4, -0.2) is 62.7 Å². The maximum atomic E-state index is 13.2. The van der Waals surface area contributed by atoms with Gasteiger partial charge in [0.05, 0.1) is 12.3 Å². The molecule has 3 aromatic rings. The Labute approximate surface area is 286 Å². The minimum Gasteiger partial charge on any atom is -0.446 e. The highest BCUT2D eigenvalue weighted by atomic mass is 28.4. The highest BCUT2D eigenvalue weighted by Gasteiger charge is 2.62. The molecule has 2 bridgehead atoms. The lowest BCUT2D eigenvalue weighted by atomic mass is 9.99. The van der Waals surface area contributed by atoms with Gasteiger partial charge in [-0.2, -0.15) is 0 Å². The van der Waals surface area contributed by atoms with E-state index >= 15 is 0 Å². The molecule has 3 aliphatic rings. The Balaban J connectivity index is 1.03. The molecule has 2 N–H and O–H groups in total. The number of anilines is 2. The minimum absolute atomic E-state index is 0.0127. The Hall–Kier alpha value is -3.50. The lowest BCUT2D eigenvalue weighted by molar-refractivity contribution is -0.116.